The molecule has 0 bridgehead atoms. The maximum atomic E-state index is 15.0. The Morgan fingerprint density at radius 2 is 1.89 bits per heavy atom. The zero-order valence-electron chi connectivity index (χ0n) is 19.3. The highest BCUT2D eigenvalue weighted by Crippen LogP contribution is 2.33. The highest BCUT2D eigenvalue weighted by atomic mass is 19.1. The van der Waals surface area contributed by atoms with Crippen LogP contribution < -0.4 is 15.0 Å². The number of aryl methyl sites for hydroxylation is 1. The number of hydrogen-bond acceptors (Lipinski definition) is 7. The van der Waals surface area contributed by atoms with E-state index in [1.807, 2.05) is 24.9 Å². The lowest BCUT2D eigenvalue weighted by molar-refractivity contribution is 0.311. The number of H-pyrrole nitrogens is 1. The fourth-order valence-corrected chi connectivity index (χ4v) is 4.14. The molecule has 1 aliphatic rings. The minimum absolute atomic E-state index is 0.0270. The van der Waals surface area contributed by atoms with Gasteiger partial charge in [0.2, 0.25) is 5.88 Å². The van der Waals surface area contributed by atoms with Crippen LogP contribution in [0.5, 0.6) is 11.6 Å². The van der Waals surface area contributed by atoms with E-state index >= 15 is 0 Å². The van der Waals surface area contributed by atoms with Gasteiger partial charge >= 0.3 is 0 Å². The van der Waals surface area contributed by atoms with Crippen LogP contribution >= 0.6 is 0 Å². The Balaban J connectivity index is 1.40. The van der Waals surface area contributed by atoms with Crippen LogP contribution in [-0.2, 0) is 0 Å². The molecule has 2 N–H and O–H groups in total. The van der Waals surface area contributed by atoms with Crippen molar-refractivity contribution in [1.29, 1.82) is 5.26 Å². The van der Waals surface area contributed by atoms with Crippen molar-refractivity contribution in [2.45, 2.75) is 6.92 Å². The summed E-state index contributed by atoms with van der Waals surface area (Å²) in [5.74, 6) is -0.986. The van der Waals surface area contributed by atoms with Crippen LogP contribution in [0, 0.1) is 29.9 Å². The van der Waals surface area contributed by atoms with Crippen molar-refractivity contribution in [3.05, 3.63) is 65.6 Å². The second-order valence-electron chi connectivity index (χ2n) is 8.49. The van der Waals surface area contributed by atoms with Crippen LogP contribution in [0.25, 0.3) is 10.9 Å². The number of fused-ring (bicyclic) bond motifs is 1. The fourth-order valence-electron chi connectivity index (χ4n) is 4.14. The van der Waals surface area contributed by atoms with Crippen LogP contribution in [-0.4, -0.2) is 53.1 Å². The van der Waals surface area contributed by atoms with E-state index in [0.717, 1.165) is 31.9 Å². The van der Waals surface area contributed by atoms with E-state index in [0.29, 0.717) is 22.3 Å². The number of ether oxygens (including phenoxy) is 1. The number of nitriles is 1. The molecular formula is C25H23F2N7O. The zero-order valence-corrected chi connectivity index (χ0v) is 19.3. The average molecular weight is 476 g/mol. The van der Waals surface area contributed by atoms with E-state index in [1.54, 1.807) is 24.3 Å². The second kappa shape index (κ2) is 9.19. The third kappa shape index (κ3) is 4.46. The molecule has 0 spiro atoms. The highest BCUT2D eigenvalue weighted by Gasteiger charge is 2.20. The largest absolute Gasteiger partial charge is 0.434 e. The van der Waals surface area contributed by atoms with Crippen molar-refractivity contribution < 1.29 is 13.5 Å². The number of anilines is 3. The first-order chi connectivity index (χ1) is 16.9. The van der Waals surface area contributed by atoms with Crippen molar-refractivity contribution in [2.75, 3.05) is 43.4 Å². The number of hydrogen-bond donors (Lipinski definition) is 2. The summed E-state index contributed by atoms with van der Waals surface area (Å²) in [7, 11) is 2.04. The van der Waals surface area contributed by atoms with E-state index in [-0.39, 0.29) is 28.8 Å². The van der Waals surface area contributed by atoms with Gasteiger partial charge in [0.15, 0.2) is 22.9 Å². The molecule has 10 heteroatoms. The van der Waals surface area contributed by atoms with Crippen molar-refractivity contribution in [2.24, 2.45) is 0 Å². The summed E-state index contributed by atoms with van der Waals surface area (Å²) in [6.07, 6.45) is 1.20. The number of nitrogens with zero attached hydrogens (tertiary/aromatic N) is 5. The number of aromatic amines is 1. The molecule has 1 aliphatic heterocycles. The van der Waals surface area contributed by atoms with Gasteiger partial charge in [0.25, 0.3) is 0 Å². The van der Waals surface area contributed by atoms with E-state index in [9.17, 15) is 14.0 Å². The molecule has 2 aromatic carbocycles. The van der Waals surface area contributed by atoms with Crippen LogP contribution in [0.3, 0.4) is 0 Å². The molecule has 1 fully saturated rings. The molecule has 8 nitrogen and oxygen atoms in total. The van der Waals surface area contributed by atoms with Crippen LogP contribution in [0.4, 0.5) is 26.0 Å². The SMILES string of the molecule is Cc1cc2c(F)c(Oc3ncnc(Nc4ccc(N5CCN(C)CC5)c(F)c4)c3C#N)ccc2[nH]1. The topological polar surface area (TPSA) is 93.1 Å². The van der Waals surface area contributed by atoms with Crippen molar-refractivity contribution >= 4 is 28.1 Å². The Morgan fingerprint density at radius 3 is 2.63 bits per heavy atom. The van der Waals surface area contributed by atoms with Gasteiger partial charge in [-0.05, 0) is 50.4 Å². The van der Waals surface area contributed by atoms with Gasteiger partial charge in [-0.15, -0.1) is 0 Å². The summed E-state index contributed by atoms with van der Waals surface area (Å²) < 4.78 is 35.5. The Hall–Kier alpha value is -4.23. The number of aromatic nitrogens is 3. The van der Waals surface area contributed by atoms with Gasteiger partial charge in [-0.3, -0.25) is 0 Å². The van der Waals surface area contributed by atoms with Gasteiger partial charge in [-0.1, -0.05) is 0 Å². The lowest BCUT2D eigenvalue weighted by atomic mass is 10.2. The quantitative estimate of drug-likeness (QED) is 0.432. The minimum Gasteiger partial charge on any atom is -0.434 e. The molecule has 3 heterocycles. The lowest BCUT2D eigenvalue weighted by Crippen LogP contribution is -2.44. The Morgan fingerprint density at radius 1 is 1.09 bits per heavy atom. The summed E-state index contributed by atoms with van der Waals surface area (Å²) in [5.41, 5.74) is 2.37. The van der Waals surface area contributed by atoms with Gasteiger partial charge in [0, 0.05) is 48.5 Å². The van der Waals surface area contributed by atoms with E-state index in [4.69, 9.17) is 4.74 Å². The van der Waals surface area contributed by atoms with Gasteiger partial charge < -0.3 is 24.8 Å². The van der Waals surface area contributed by atoms with Crippen LogP contribution in [0.1, 0.15) is 11.3 Å². The second-order valence-corrected chi connectivity index (χ2v) is 8.49. The maximum absolute atomic E-state index is 15.0. The predicted octanol–water partition coefficient (Wildman–Crippen LogP) is 4.70. The number of nitrogens with one attached hydrogen (secondary N) is 2. The minimum atomic E-state index is -0.564. The molecule has 4 aromatic rings. The molecule has 0 atom stereocenters. The summed E-state index contributed by atoms with van der Waals surface area (Å²) in [4.78, 5) is 15.4. The molecule has 0 radical (unpaired) electrons. The van der Waals surface area contributed by atoms with Gasteiger partial charge in [0.05, 0.1) is 5.69 Å². The van der Waals surface area contributed by atoms with Crippen molar-refractivity contribution in [3.8, 4) is 17.7 Å². The Bertz CT molecular complexity index is 1440. The number of piperazine rings is 1. The van der Waals surface area contributed by atoms with Gasteiger partial charge in [0.1, 0.15) is 18.2 Å². The molecule has 5 rings (SSSR count). The monoisotopic (exact) mass is 475 g/mol. The van der Waals surface area contributed by atoms with E-state index in [1.165, 1.54) is 18.5 Å². The first-order valence-corrected chi connectivity index (χ1v) is 11.1. The van der Waals surface area contributed by atoms with Crippen LogP contribution in [0.15, 0.2) is 42.7 Å². The zero-order chi connectivity index (χ0) is 24.5. The molecule has 178 valence electrons. The summed E-state index contributed by atoms with van der Waals surface area (Å²) in [6, 6.07) is 11.6. The average Bonchev–Trinajstić information content (AvgIpc) is 3.23. The number of benzene rings is 2. The lowest BCUT2D eigenvalue weighted by Gasteiger charge is -2.34. The fraction of sp³-hybridized carbons (Fsp3) is 0.240. The standard InChI is InChI=1S/C25H23F2N7O/c1-15-11-17-20(31-15)4-6-22(23(17)27)35-25-18(13-28)24(29-14-30-25)32-16-3-5-21(19(26)12-16)34-9-7-33(2)8-10-34/h3-6,11-12,14,31H,7-10H2,1-2H3,(H,29,30,32). The Labute approximate surface area is 200 Å². The summed E-state index contributed by atoms with van der Waals surface area (Å²) in [5, 5.41) is 13.1. The first kappa shape index (κ1) is 22.6. The number of halogens is 2. The number of rotatable bonds is 5. The normalized spacial score (nSPS) is 14.2. The number of likely N-dealkylation sites (N-methyl/N-ethyl adjacent to an activating group) is 1. The summed E-state index contributed by atoms with van der Waals surface area (Å²) in [6.45, 7) is 5.06. The molecule has 35 heavy (non-hydrogen) atoms. The van der Waals surface area contributed by atoms with Gasteiger partial charge in [-0.2, -0.15) is 5.26 Å². The van der Waals surface area contributed by atoms with E-state index < -0.39 is 5.82 Å². The molecule has 2 aromatic heterocycles. The molecule has 0 unspecified atom stereocenters. The molecule has 0 saturated carbocycles. The third-order valence-electron chi connectivity index (χ3n) is 6.02. The van der Waals surface area contributed by atoms with E-state index in [2.05, 4.69) is 25.2 Å². The van der Waals surface area contributed by atoms with Gasteiger partial charge in [-0.25, -0.2) is 18.7 Å². The Kier molecular flexibility index (Phi) is 5.93. The smallest absolute Gasteiger partial charge is 0.242 e. The molecule has 0 aliphatic carbocycles. The molecule has 0 amide bonds. The predicted molar refractivity (Wildman–Crippen MR) is 129 cm³/mol. The maximum Gasteiger partial charge on any atom is 0.242 e. The highest BCUT2D eigenvalue weighted by molar-refractivity contribution is 5.83. The first-order valence-electron chi connectivity index (χ1n) is 11.1. The van der Waals surface area contributed by atoms with Crippen LogP contribution in [0.2, 0.25) is 0 Å². The molecule has 1 saturated heterocycles. The van der Waals surface area contributed by atoms with Crippen molar-refractivity contribution in [3.63, 3.8) is 0 Å². The van der Waals surface area contributed by atoms with Crippen molar-refractivity contribution in [1.82, 2.24) is 19.9 Å². The third-order valence-corrected chi connectivity index (χ3v) is 6.02. The summed E-state index contributed by atoms with van der Waals surface area (Å²) >= 11 is 0. The molecular weight excluding hydrogens is 452 g/mol.